The molecule has 2 aliphatic carbocycles. The van der Waals surface area contributed by atoms with Crippen molar-refractivity contribution >= 4 is 34.8 Å². The van der Waals surface area contributed by atoms with Crippen molar-refractivity contribution in [2.45, 2.75) is 65.9 Å². The summed E-state index contributed by atoms with van der Waals surface area (Å²) in [5.41, 5.74) is 2.21. The van der Waals surface area contributed by atoms with Gasteiger partial charge in [0.15, 0.2) is 11.6 Å². The van der Waals surface area contributed by atoms with Crippen molar-refractivity contribution in [3.05, 3.63) is 86.3 Å². The Kier molecular flexibility index (Phi) is 6.33. The molecule has 1 aliphatic heterocycles. The highest BCUT2D eigenvalue weighted by Crippen LogP contribution is 2.55. The van der Waals surface area contributed by atoms with E-state index in [9.17, 15) is 9.59 Å². The Morgan fingerprint density at radius 2 is 1.42 bits per heavy atom. The van der Waals surface area contributed by atoms with Crippen LogP contribution < -0.4 is 4.74 Å². The third-order valence-corrected chi connectivity index (χ3v) is 7.65. The molecule has 0 amide bonds. The second-order valence-corrected chi connectivity index (χ2v) is 12.5. The van der Waals surface area contributed by atoms with Crippen LogP contribution in [0.4, 0.5) is 0 Å². The molecule has 0 fully saturated rings. The van der Waals surface area contributed by atoms with Crippen LogP contribution in [0.2, 0.25) is 10.0 Å². The number of hydrogen-bond donors (Lipinski definition) is 0. The molecule has 5 rings (SSSR count). The van der Waals surface area contributed by atoms with E-state index >= 15 is 0 Å². The van der Waals surface area contributed by atoms with Crippen LogP contribution in [-0.2, 0) is 20.9 Å². The molecule has 0 radical (unpaired) electrons. The summed E-state index contributed by atoms with van der Waals surface area (Å²) in [5.74, 6) is 1.08. The predicted molar refractivity (Wildman–Crippen MR) is 141 cm³/mol. The maximum absolute atomic E-state index is 13.6. The maximum Gasteiger partial charge on any atom is 0.163 e. The van der Waals surface area contributed by atoms with Crippen molar-refractivity contribution in [1.29, 1.82) is 0 Å². The largest absolute Gasteiger partial charge is 0.487 e. The molecule has 3 aliphatic rings. The van der Waals surface area contributed by atoms with E-state index in [0.717, 1.165) is 5.56 Å². The normalized spacial score (nSPS) is 21.2. The molecule has 188 valence electrons. The fraction of sp³-hybridized carbons (Fsp3) is 0.400. The number of carbonyl (C=O) groups is 2. The highest BCUT2D eigenvalue weighted by Gasteiger charge is 2.48. The molecule has 0 N–H and O–H groups in total. The van der Waals surface area contributed by atoms with E-state index in [0.29, 0.717) is 69.7 Å². The first-order chi connectivity index (χ1) is 16.9. The number of Topliss-reactive ketones (excluding diaryl/α,β-unsaturated/α-hetero) is 2. The Balaban J connectivity index is 1.69. The van der Waals surface area contributed by atoms with Crippen LogP contribution in [0.1, 0.15) is 70.4 Å². The number of allylic oxidation sites excluding steroid dienone is 4. The van der Waals surface area contributed by atoms with Gasteiger partial charge in [-0.1, -0.05) is 81.2 Å². The molecule has 0 saturated heterocycles. The molecule has 0 bridgehead atoms. The lowest BCUT2D eigenvalue weighted by Crippen LogP contribution is -2.37. The molecule has 1 heterocycles. The average molecular weight is 525 g/mol. The number of ether oxygens (including phenoxy) is 2. The van der Waals surface area contributed by atoms with Crippen LogP contribution in [0.15, 0.2) is 65.1 Å². The Bertz CT molecular complexity index is 1270. The minimum Gasteiger partial charge on any atom is -0.487 e. The summed E-state index contributed by atoms with van der Waals surface area (Å²) < 4.78 is 12.7. The van der Waals surface area contributed by atoms with Gasteiger partial charge >= 0.3 is 0 Å². The van der Waals surface area contributed by atoms with Crippen LogP contribution in [-0.4, -0.2) is 11.6 Å². The average Bonchev–Trinajstić information content (AvgIpc) is 2.75. The van der Waals surface area contributed by atoms with Gasteiger partial charge in [0, 0.05) is 47.4 Å². The molecule has 2 aromatic rings. The van der Waals surface area contributed by atoms with Gasteiger partial charge in [-0.15, -0.1) is 0 Å². The summed E-state index contributed by atoms with van der Waals surface area (Å²) in [6.07, 6.45) is 1.99. The van der Waals surface area contributed by atoms with Crippen LogP contribution >= 0.6 is 23.2 Å². The molecule has 0 spiro atoms. The van der Waals surface area contributed by atoms with Crippen molar-refractivity contribution in [2.24, 2.45) is 10.8 Å². The van der Waals surface area contributed by atoms with E-state index in [1.54, 1.807) is 12.1 Å². The summed E-state index contributed by atoms with van der Waals surface area (Å²) in [7, 11) is 0. The lowest BCUT2D eigenvalue weighted by molar-refractivity contribution is -0.120. The highest BCUT2D eigenvalue weighted by molar-refractivity contribution is 6.35. The molecule has 0 atom stereocenters. The lowest BCUT2D eigenvalue weighted by Gasteiger charge is -2.43. The van der Waals surface area contributed by atoms with Crippen LogP contribution in [0.3, 0.4) is 0 Å². The second-order valence-electron chi connectivity index (χ2n) is 11.7. The molecular formula is C30H30Cl2O4. The van der Waals surface area contributed by atoms with Crippen molar-refractivity contribution in [3.8, 4) is 5.75 Å². The van der Waals surface area contributed by atoms with Crippen LogP contribution in [0, 0.1) is 10.8 Å². The van der Waals surface area contributed by atoms with Gasteiger partial charge < -0.3 is 9.47 Å². The summed E-state index contributed by atoms with van der Waals surface area (Å²) >= 11 is 13.2. The molecular weight excluding hydrogens is 495 g/mol. The SMILES string of the molecule is CC1(C)CC(=O)C2=C(C1)OC1=C(C(=O)CC(C)(C)C1)C2c1cc(Cl)cc(Cl)c1OCc1ccccc1. The molecule has 0 saturated carbocycles. The van der Waals surface area contributed by atoms with Gasteiger partial charge in [-0.25, -0.2) is 0 Å². The standard InChI is InChI=1S/C30H30Cl2O4/c1-29(2)12-21(33)26-23(14-29)36-24-15-30(3,4)13-22(34)27(24)25(26)19-10-18(31)11-20(32)28(19)35-16-17-8-6-5-7-9-17/h5-11,25H,12-16H2,1-4H3. The number of rotatable bonds is 4. The molecule has 2 aromatic carbocycles. The number of benzene rings is 2. The van der Waals surface area contributed by atoms with Gasteiger partial charge in [-0.2, -0.15) is 0 Å². The Morgan fingerprint density at radius 3 is 1.97 bits per heavy atom. The Hall–Kier alpha value is -2.56. The lowest BCUT2D eigenvalue weighted by atomic mass is 9.65. The van der Waals surface area contributed by atoms with Gasteiger partial charge in [0.25, 0.3) is 0 Å². The molecule has 0 unspecified atom stereocenters. The predicted octanol–water partition coefficient (Wildman–Crippen LogP) is 7.97. The van der Waals surface area contributed by atoms with E-state index < -0.39 is 5.92 Å². The van der Waals surface area contributed by atoms with Crippen molar-refractivity contribution in [3.63, 3.8) is 0 Å². The van der Waals surface area contributed by atoms with E-state index in [2.05, 4.69) is 27.7 Å². The quantitative estimate of drug-likeness (QED) is 0.406. The molecule has 0 aromatic heterocycles. The van der Waals surface area contributed by atoms with Crippen molar-refractivity contribution in [1.82, 2.24) is 0 Å². The third kappa shape index (κ3) is 4.73. The van der Waals surface area contributed by atoms with Gasteiger partial charge in [-0.3, -0.25) is 9.59 Å². The number of hydrogen-bond acceptors (Lipinski definition) is 4. The summed E-state index contributed by atoms with van der Waals surface area (Å²) in [4.78, 5) is 27.2. The van der Waals surface area contributed by atoms with E-state index in [1.165, 1.54) is 0 Å². The van der Waals surface area contributed by atoms with Gasteiger partial charge in [-0.05, 0) is 28.5 Å². The highest BCUT2D eigenvalue weighted by atomic mass is 35.5. The first kappa shape index (κ1) is 25.1. The Morgan fingerprint density at radius 1 is 0.861 bits per heavy atom. The minimum absolute atomic E-state index is 0.0134. The van der Waals surface area contributed by atoms with Gasteiger partial charge in [0.05, 0.1) is 10.9 Å². The molecule has 4 nitrogen and oxygen atoms in total. The zero-order valence-corrected chi connectivity index (χ0v) is 22.6. The fourth-order valence-corrected chi connectivity index (χ4v) is 6.23. The second kappa shape index (κ2) is 9.08. The van der Waals surface area contributed by atoms with E-state index in [4.69, 9.17) is 32.7 Å². The zero-order valence-electron chi connectivity index (χ0n) is 21.0. The summed E-state index contributed by atoms with van der Waals surface area (Å²) in [6.45, 7) is 8.56. The zero-order chi connectivity index (χ0) is 25.8. The van der Waals surface area contributed by atoms with Gasteiger partial charge in [0.1, 0.15) is 23.9 Å². The number of carbonyl (C=O) groups excluding carboxylic acids is 2. The van der Waals surface area contributed by atoms with Crippen molar-refractivity contribution in [2.75, 3.05) is 0 Å². The maximum atomic E-state index is 13.6. The monoisotopic (exact) mass is 524 g/mol. The first-order valence-corrected chi connectivity index (χ1v) is 13.1. The smallest absolute Gasteiger partial charge is 0.163 e. The number of halogens is 2. The topological polar surface area (TPSA) is 52.6 Å². The van der Waals surface area contributed by atoms with Crippen LogP contribution in [0.5, 0.6) is 5.75 Å². The minimum atomic E-state index is -0.627. The Labute approximate surface area is 222 Å². The number of ketones is 2. The van der Waals surface area contributed by atoms with E-state index in [-0.39, 0.29) is 29.0 Å². The molecule has 6 heteroatoms. The van der Waals surface area contributed by atoms with Crippen molar-refractivity contribution < 1.29 is 19.1 Å². The van der Waals surface area contributed by atoms with Gasteiger partial charge in [0.2, 0.25) is 0 Å². The first-order valence-electron chi connectivity index (χ1n) is 12.3. The van der Waals surface area contributed by atoms with E-state index in [1.807, 2.05) is 30.3 Å². The summed E-state index contributed by atoms with van der Waals surface area (Å²) in [5, 5.41) is 0.765. The molecule has 36 heavy (non-hydrogen) atoms. The summed E-state index contributed by atoms with van der Waals surface area (Å²) in [6, 6.07) is 13.2. The third-order valence-electron chi connectivity index (χ3n) is 7.16. The van der Waals surface area contributed by atoms with Crippen LogP contribution in [0.25, 0.3) is 0 Å². The fourth-order valence-electron chi connectivity index (χ4n) is 5.66.